The zero-order chi connectivity index (χ0) is 13.4. The Balaban J connectivity index is 2.82. The second-order valence-electron chi connectivity index (χ2n) is 6.59. The van der Waals surface area contributed by atoms with Crippen molar-refractivity contribution in [2.24, 2.45) is 11.8 Å². The highest BCUT2D eigenvalue weighted by Crippen LogP contribution is 2.40. The Morgan fingerprint density at radius 2 is 1.88 bits per heavy atom. The smallest absolute Gasteiger partial charge is 0.192 e. The predicted molar refractivity (Wildman–Crippen MR) is 70.4 cm³/mol. The lowest BCUT2D eigenvalue weighted by Gasteiger charge is -2.39. The third-order valence-corrected chi connectivity index (χ3v) is 8.83. The molecule has 0 aromatic rings. The van der Waals surface area contributed by atoms with Gasteiger partial charge in [-0.05, 0) is 18.1 Å². The highest BCUT2D eigenvalue weighted by molar-refractivity contribution is 6.74. The van der Waals surface area contributed by atoms with Crippen LogP contribution in [0, 0.1) is 11.8 Å². The Kier molecular flexibility index (Phi) is 3.99. The molecule has 0 heterocycles. The molecule has 1 aliphatic rings. The van der Waals surface area contributed by atoms with Crippen LogP contribution in [0.4, 0.5) is 0 Å². The van der Waals surface area contributed by atoms with Gasteiger partial charge >= 0.3 is 0 Å². The summed E-state index contributed by atoms with van der Waals surface area (Å²) in [6.07, 6.45) is 1.10. The summed E-state index contributed by atoms with van der Waals surface area (Å²) in [4.78, 5) is 22.8. The zero-order valence-corrected chi connectivity index (χ0v) is 12.7. The first-order valence-corrected chi connectivity index (χ1v) is 9.17. The molecule has 0 bridgehead atoms. The second-order valence-corrected chi connectivity index (χ2v) is 11.3. The highest BCUT2D eigenvalue weighted by Gasteiger charge is 2.46. The van der Waals surface area contributed by atoms with Gasteiger partial charge in [-0.1, -0.05) is 27.7 Å². The average Bonchev–Trinajstić information content (AvgIpc) is 2.39. The number of carbonyl (C=O) groups excluding carboxylic acids is 2. The van der Waals surface area contributed by atoms with Crippen LogP contribution in [0.1, 0.15) is 34.1 Å². The maximum absolute atomic E-state index is 11.7. The molecule has 3 nitrogen and oxygen atoms in total. The molecule has 3 unspecified atom stereocenters. The van der Waals surface area contributed by atoms with Gasteiger partial charge in [-0.15, -0.1) is 0 Å². The first-order valence-electron chi connectivity index (χ1n) is 6.26. The molecule has 1 aliphatic carbocycles. The number of Topliss-reactive ketones (excluding diaryl/α,β-unsaturated/α-hetero) is 1. The monoisotopic (exact) mass is 256 g/mol. The molecule has 0 aromatic carbocycles. The van der Waals surface area contributed by atoms with Crippen LogP contribution < -0.4 is 0 Å². The van der Waals surface area contributed by atoms with E-state index in [2.05, 4.69) is 33.9 Å². The average molecular weight is 256 g/mol. The first-order chi connectivity index (χ1) is 7.60. The fraction of sp³-hybridized carbons (Fsp3) is 0.846. The van der Waals surface area contributed by atoms with E-state index in [9.17, 15) is 9.59 Å². The van der Waals surface area contributed by atoms with E-state index < -0.39 is 8.32 Å². The molecule has 0 radical (unpaired) electrons. The topological polar surface area (TPSA) is 43.4 Å². The molecule has 1 fully saturated rings. The van der Waals surface area contributed by atoms with Crippen molar-refractivity contribution in [3.05, 3.63) is 0 Å². The molecular weight excluding hydrogens is 232 g/mol. The van der Waals surface area contributed by atoms with Crippen molar-refractivity contribution in [3.63, 3.8) is 0 Å². The third kappa shape index (κ3) is 2.85. The van der Waals surface area contributed by atoms with Gasteiger partial charge in [0.25, 0.3) is 0 Å². The molecule has 3 atom stereocenters. The zero-order valence-electron chi connectivity index (χ0n) is 11.7. The van der Waals surface area contributed by atoms with Gasteiger partial charge in [-0.3, -0.25) is 4.79 Å². The molecule has 0 amide bonds. The van der Waals surface area contributed by atoms with Crippen molar-refractivity contribution in [2.45, 2.75) is 58.4 Å². The molecule has 0 saturated heterocycles. The van der Waals surface area contributed by atoms with Gasteiger partial charge in [-0.25, -0.2) is 0 Å². The maximum atomic E-state index is 11.7. The van der Waals surface area contributed by atoms with Gasteiger partial charge in [0.2, 0.25) is 0 Å². The summed E-state index contributed by atoms with van der Waals surface area (Å²) >= 11 is 0. The van der Waals surface area contributed by atoms with E-state index in [4.69, 9.17) is 4.43 Å². The van der Waals surface area contributed by atoms with Crippen molar-refractivity contribution in [1.29, 1.82) is 0 Å². The number of rotatable bonds is 3. The van der Waals surface area contributed by atoms with E-state index in [-0.39, 0.29) is 28.8 Å². The Hall–Kier alpha value is -0.483. The van der Waals surface area contributed by atoms with Gasteiger partial charge in [0.05, 0.1) is 6.10 Å². The summed E-state index contributed by atoms with van der Waals surface area (Å²) in [5, 5.41) is 0.106. The summed E-state index contributed by atoms with van der Waals surface area (Å²) in [6, 6.07) is 0. The fourth-order valence-electron chi connectivity index (χ4n) is 1.94. The molecule has 0 N–H and O–H groups in total. The van der Waals surface area contributed by atoms with Gasteiger partial charge < -0.3 is 9.22 Å². The molecule has 1 saturated carbocycles. The van der Waals surface area contributed by atoms with E-state index in [0.717, 1.165) is 6.29 Å². The Labute approximate surface area is 105 Å². The lowest BCUT2D eigenvalue weighted by atomic mass is 9.98. The molecule has 98 valence electrons. The number of hydrogen-bond donors (Lipinski definition) is 0. The number of ketones is 1. The van der Waals surface area contributed by atoms with Crippen LogP contribution in [0.25, 0.3) is 0 Å². The Morgan fingerprint density at radius 3 is 2.29 bits per heavy atom. The van der Waals surface area contributed by atoms with Crippen molar-refractivity contribution < 1.29 is 14.0 Å². The van der Waals surface area contributed by atoms with Crippen molar-refractivity contribution >= 4 is 20.4 Å². The summed E-state index contributed by atoms with van der Waals surface area (Å²) < 4.78 is 6.19. The first kappa shape index (κ1) is 14.6. The summed E-state index contributed by atoms with van der Waals surface area (Å²) in [5.74, 6) is -0.273. The largest absolute Gasteiger partial charge is 0.413 e. The van der Waals surface area contributed by atoms with Crippen LogP contribution >= 0.6 is 0 Å². The fourth-order valence-corrected chi connectivity index (χ4v) is 3.29. The molecule has 0 aliphatic heterocycles. The predicted octanol–water partition coefficient (Wildman–Crippen LogP) is 2.80. The summed E-state index contributed by atoms with van der Waals surface area (Å²) in [5.41, 5.74) is 0. The molecular formula is C13H24O3Si. The normalized spacial score (nSPS) is 30.7. The van der Waals surface area contributed by atoms with Crippen LogP contribution in [0.15, 0.2) is 0 Å². The minimum Gasteiger partial charge on any atom is -0.413 e. The van der Waals surface area contributed by atoms with Crippen LogP contribution in [-0.4, -0.2) is 26.5 Å². The van der Waals surface area contributed by atoms with E-state index in [0.29, 0.717) is 6.42 Å². The van der Waals surface area contributed by atoms with Crippen LogP contribution in [0.3, 0.4) is 0 Å². The number of hydrogen-bond acceptors (Lipinski definition) is 3. The minimum atomic E-state index is -1.90. The van der Waals surface area contributed by atoms with Crippen LogP contribution in [0.5, 0.6) is 0 Å². The van der Waals surface area contributed by atoms with Crippen LogP contribution in [0.2, 0.25) is 18.1 Å². The Morgan fingerprint density at radius 1 is 1.35 bits per heavy atom. The number of aldehydes is 1. The third-order valence-electron chi connectivity index (χ3n) is 4.33. The van der Waals surface area contributed by atoms with Gasteiger partial charge in [0, 0.05) is 18.3 Å². The lowest BCUT2D eigenvalue weighted by molar-refractivity contribution is -0.122. The standard InChI is InChI=1S/C13H24O3Si/c1-9-10(8-14)12(7-11(9)15)16-17(5,6)13(2,3)4/h8-10,12H,7H2,1-6H3. The van der Waals surface area contributed by atoms with Gasteiger partial charge in [0.1, 0.15) is 12.1 Å². The van der Waals surface area contributed by atoms with E-state index >= 15 is 0 Å². The summed E-state index contributed by atoms with van der Waals surface area (Å²) in [7, 11) is -1.90. The lowest BCUT2D eigenvalue weighted by Crippen LogP contribution is -2.45. The van der Waals surface area contributed by atoms with E-state index in [1.165, 1.54) is 0 Å². The highest BCUT2D eigenvalue weighted by atomic mass is 28.4. The van der Waals surface area contributed by atoms with Crippen LogP contribution in [-0.2, 0) is 14.0 Å². The summed E-state index contributed by atoms with van der Waals surface area (Å²) in [6.45, 7) is 12.6. The SMILES string of the molecule is CC1C(=O)CC(O[Si](C)(C)C(C)(C)C)C1C=O. The molecule has 0 aromatic heterocycles. The minimum absolute atomic E-state index is 0.106. The number of carbonyl (C=O) groups is 2. The maximum Gasteiger partial charge on any atom is 0.192 e. The van der Waals surface area contributed by atoms with Crippen molar-refractivity contribution in [3.8, 4) is 0 Å². The second kappa shape index (κ2) is 4.65. The Bertz CT molecular complexity index is 317. The molecule has 4 heteroatoms. The van der Waals surface area contributed by atoms with E-state index in [1.807, 2.05) is 6.92 Å². The quantitative estimate of drug-likeness (QED) is 0.576. The molecule has 0 spiro atoms. The molecule has 1 rings (SSSR count). The molecule has 17 heavy (non-hydrogen) atoms. The van der Waals surface area contributed by atoms with E-state index in [1.54, 1.807) is 0 Å². The van der Waals surface area contributed by atoms with Gasteiger partial charge in [0.15, 0.2) is 8.32 Å². The van der Waals surface area contributed by atoms with Gasteiger partial charge in [-0.2, -0.15) is 0 Å². The van der Waals surface area contributed by atoms with Crippen molar-refractivity contribution in [1.82, 2.24) is 0 Å². The van der Waals surface area contributed by atoms with Crippen molar-refractivity contribution in [2.75, 3.05) is 0 Å².